The van der Waals surface area contributed by atoms with Crippen molar-refractivity contribution < 1.29 is 9.53 Å². The highest BCUT2D eigenvalue weighted by atomic mass is 32.1. The van der Waals surface area contributed by atoms with Gasteiger partial charge in [-0.3, -0.25) is 10.1 Å². The summed E-state index contributed by atoms with van der Waals surface area (Å²) in [4.78, 5) is 21.1. The first-order valence-corrected chi connectivity index (χ1v) is 8.52. The Morgan fingerprint density at radius 2 is 2.04 bits per heavy atom. The summed E-state index contributed by atoms with van der Waals surface area (Å²) in [5.74, 6) is 0.442. The number of methoxy groups -OCH3 is 1. The standard InChI is InChI=1S/C16H11N3O2S2/c1-21-10-4-2-3-9(7-10)15(20)19-16-18-12-6-5-11-13(14(12)23-16)22-8-17-11/h2-8H,1H3,(H,18,19,20). The minimum atomic E-state index is -0.205. The van der Waals surface area contributed by atoms with Gasteiger partial charge < -0.3 is 4.74 Å². The molecule has 0 fully saturated rings. The van der Waals surface area contributed by atoms with E-state index in [9.17, 15) is 4.79 Å². The van der Waals surface area contributed by atoms with Gasteiger partial charge in [0.15, 0.2) is 5.13 Å². The third kappa shape index (κ3) is 2.54. The largest absolute Gasteiger partial charge is 0.497 e. The van der Waals surface area contributed by atoms with Crippen molar-refractivity contribution in [1.29, 1.82) is 0 Å². The summed E-state index contributed by atoms with van der Waals surface area (Å²) in [5, 5.41) is 3.43. The maximum Gasteiger partial charge on any atom is 0.257 e. The van der Waals surface area contributed by atoms with Gasteiger partial charge in [-0.15, -0.1) is 11.3 Å². The van der Waals surface area contributed by atoms with Crippen LogP contribution in [0.4, 0.5) is 5.13 Å². The molecule has 0 radical (unpaired) electrons. The average Bonchev–Trinajstić information content (AvgIpc) is 3.20. The molecular formula is C16H11N3O2S2. The summed E-state index contributed by atoms with van der Waals surface area (Å²) in [6.07, 6.45) is 0. The van der Waals surface area contributed by atoms with Crippen molar-refractivity contribution in [3.63, 3.8) is 0 Å². The monoisotopic (exact) mass is 341 g/mol. The molecular weight excluding hydrogens is 330 g/mol. The smallest absolute Gasteiger partial charge is 0.257 e. The first-order valence-electron chi connectivity index (χ1n) is 6.83. The van der Waals surface area contributed by atoms with Crippen molar-refractivity contribution in [3.8, 4) is 5.75 Å². The fourth-order valence-electron chi connectivity index (χ4n) is 2.30. The van der Waals surface area contributed by atoms with E-state index in [4.69, 9.17) is 4.74 Å². The Hall–Kier alpha value is -2.51. The molecule has 4 aromatic rings. The zero-order chi connectivity index (χ0) is 15.8. The van der Waals surface area contributed by atoms with Gasteiger partial charge in [-0.2, -0.15) is 0 Å². The zero-order valence-electron chi connectivity index (χ0n) is 12.1. The van der Waals surface area contributed by atoms with E-state index >= 15 is 0 Å². The van der Waals surface area contributed by atoms with Crippen molar-refractivity contribution in [2.24, 2.45) is 0 Å². The molecule has 0 bridgehead atoms. The Labute approximate surface area is 139 Å². The second kappa shape index (κ2) is 5.60. The lowest BCUT2D eigenvalue weighted by molar-refractivity contribution is 0.102. The predicted octanol–water partition coefficient (Wildman–Crippen LogP) is 4.17. The first kappa shape index (κ1) is 14.1. The number of hydrogen-bond donors (Lipinski definition) is 1. The molecule has 2 heterocycles. The van der Waals surface area contributed by atoms with Crippen LogP contribution >= 0.6 is 22.7 Å². The van der Waals surface area contributed by atoms with Gasteiger partial charge in [0.05, 0.1) is 33.1 Å². The van der Waals surface area contributed by atoms with E-state index in [-0.39, 0.29) is 5.91 Å². The number of benzene rings is 2. The molecule has 1 amide bonds. The van der Waals surface area contributed by atoms with Gasteiger partial charge in [0.25, 0.3) is 5.91 Å². The van der Waals surface area contributed by atoms with E-state index < -0.39 is 0 Å². The minimum absolute atomic E-state index is 0.205. The van der Waals surface area contributed by atoms with Crippen LogP contribution in [0.15, 0.2) is 41.9 Å². The van der Waals surface area contributed by atoms with Gasteiger partial charge >= 0.3 is 0 Å². The molecule has 1 N–H and O–H groups in total. The van der Waals surface area contributed by atoms with E-state index in [1.54, 1.807) is 42.7 Å². The van der Waals surface area contributed by atoms with E-state index in [0.29, 0.717) is 16.4 Å². The number of carbonyl (C=O) groups excluding carboxylic acids is 1. The number of amides is 1. The molecule has 0 aliphatic carbocycles. The molecule has 23 heavy (non-hydrogen) atoms. The maximum absolute atomic E-state index is 12.4. The predicted molar refractivity (Wildman–Crippen MR) is 93.7 cm³/mol. The molecule has 0 aliphatic heterocycles. The molecule has 7 heteroatoms. The molecule has 0 atom stereocenters. The number of anilines is 1. The van der Waals surface area contributed by atoms with E-state index in [1.807, 2.05) is 17.6 Å². The number of carbonyl (C=O) groups is 1. The fourth-order valence-corrected chi connectivity index (χ4v) is 4.19. The van der Waals surface area contributed by atoms with Crippen LogP contribution in [0, 0.1) is 0 Å². The maximum atomic E-state index is 12.4. The fraction of sp³-hybridized carbons (Fsp3) is 0.0625. The SMILES string of the molecule is COc1cccc(C(=O)Nc2nc3ccc4ncsc4c3s2)c1. The van der Waals surface area contributed by atoms with Gasteiger partial charge in [-0.25, -0.2) is 9.97 Å². The van der Waals surface area contributed by atoms with Gasteiger partial charge in [0.2, 0.25) is 0 Å². The van der Waals surface area contributed by atoms with Crippen molar-refractivity contribution >= 4 is 54.1 Å². The lowest BCUT2D eigenvalue weighted by Crippen LogP contribution is -2.11. The highest BCUT2D eigenvalue weighted by Crippen LogP contribution is 2.34. The topological polar surface area (TPSA) is 64.1 Å². The number of hydrogen-bond acceptors (Lipinski definition) is 6. The van der Waals surface area contributed by atoms with Gasteiger partial charge in [0, 0.05) is 5.56 Å². The van der Waals surface area contributed by atoms with E-state index in [2.05, 4.69) is 15.3 Å². The van der Waals surface area contributed by atoms with Crippen molar-refractivity contribution in [1.82, 2.24) is 9.97 Å². The third-order valence-electron chi connectivity index (χ3n) is 3.41. The molecule has 114 valence electrons. The van der Waals surface area contributed by atoms with E-state index in [1.165, 1.54) is 11.3 Å². The van der Waals surface area contributed by atoms with Crippen LogP contribution < -0.4 is 10.1 Å². The van der Waals surface area contributed by atoms with Crippen molar-refractivity contribution in [3.05, 3.63) is 47.5 Å². The quantitative estimate of drug-likeness (QED) is 0.607. The van der Waals surface area contributed by atoms with Crippen LogP contribution in [0.5, 0.6) is 5.75 Å². The molecule has 0 spiro atoms. The second-order valence-electron chi connectivity index (χ2n) is 4.82. The number of ether oxygens (including phenoxy) is 1. The van der Waals surface area contributed by atoms with Gasteiger partial charge in [-0.1, -0.05) is 17.4 Å². The number of nitrogens with zero attached hydrogens (tertiary/aromatic N) is 2. The average molecular weight is 341 g/mol. The lowest BCUT2D eigenvalue weighted by atomic mass is 10.2. The Balaban J connectivity index is 1.67. The van der Waals surface area contributed by atoms with Crippen LogP contribution in [0.25, 0.3) is 20.4 Å². The Morgan fingerprint density at radius 1 is 1.17 bits per heavy atom. The van der Waals surface area contributed by atoms with Crippen LogP contribution in [-0.4, -0.2) is 23.0 Å². The van der Waals surface area contributed by atoms with Crippen molar-refractivity contribution in [2.45, 2.75) is 0 Å². The highest BCUT2D eigenvalue weighted by molar-refractivity contribution is 7.28. The normalized spacial score (nSPS) is 11.0. The summed E-state index contributed by atoms with van der Waals surface area (Å²) >= 11 is 3.04. The molecule has 0 saturated heterocycles. The van der Waals surface area contributed by atoms with Crippen LogP contribution in [0.2, 0.25) is 0 Å². The molecule has 0 saturated carbocycles. The number of aromatic nitrogens is 2. The third-order valence-corrected chi connectivity index (χ3v) is 5.40. The number of thiazole rings is 2. The summed E-state index contributed by atoms with van der Waals surface area (Å²) in [7, 11) is 1.57. The zero-order valence-corrected chi connectivity index (χ0v) is 13.7. The molecule has 4 rings (SSSR count). The summed E-state index contributed by atoms with van der Waals surface area (Å²) in [6, 6.07) is 10.9. The minimum Gasteiger partial charge on any atom is -0.497 e. The van der Waals surface area contributed by atoms with Gasteiger partial charge in [0.1, 0.15) is 5.75 Å². The van der Waals surface area contributed by atoms with Crippen LogP contribution in [0.3, 0.4) is 0 Å². The number of rotatable bonds is 3. The molecule has 2 aromatic heterocycles. The van der Waals surface area contributed by atoms with Crippen LogP contribution in [-0.2, 0) is 0 Å². The number of fused-ring (bicyclic) bond motifs is 3. The van der Waals surface area contributed by atoms with Crippen LogP contribution in [0.1, 0.15) is 10.4 Å². The highest BCUT2D eigenvalue weighted by Gasteiger charge is 2.13. The molecule has 0 unspecified atom stereocenters. The number of nitrogens with one attached hydrogen (secondary N) is 1. The summed E-state index contributed by atoms with van der Waals surface area (Å²) in [6.45, 7) is 0. The Bertz CT molecular complexity index is 1020. The Kier molecular flexibility index (Phi) is 3.44. The van der Waals surface area contributed by atoms with Crippen molar-refractivity contribution in [2.75, 3.05) is 12.4 Å². The molecule has 2 aromatic carbocycles. The lowest BCUT2D eigenvalue weighted by Gasteiger charge is -2.03. The summed E-state index contributed by atoms with van der Waals surface area (Å²) in [5.41, 5.74) is 4.18. The molecule has 5 nitrogen and oxygen atoms in total. The summed E-state index contributed by atoms with van der Waals surface area (Å²) < 4.78 is 7.29. The van der Waals surface area contributed by atoms with E-state index in [0.717, 1.165) is 20.4 Å². The molecule has 0 aliphatic rings. The first-order chi connectivity index (χ1) is 11.2. The second-order valence-corrected chi connectivity index (χ2v) is 6.67. The van der Waals surface area contributed by atoms with Gasteiger partial charge in [-0.05, 0) is 30.3 Å². The Morgan fingerprint density at radius 3 is 2.91 bits per heavy atom.